The molecule has 3 aromatic rings. The second-order valence-corrected chi connectivity index (χ2v) is 5.70. The zero-order valence-corrected chi connectivity index (χ0v) is 14.2. The minimum absolute atomic E-state index is 0.0280. The predicted octanol–water partition coefficient (Wildman–Crippen LogP) is 2.34. The van der Waals surface area contributed by atoms with Gasteiger partial charge in [0.15, 0.2) is 0 Å². The number of nitrogens with zero attached hydrogens (tertiary/aromatic N) is 1. The summed E-state index contributed by atoms with van der Waals surface area (Å²) in [4.78, 5) is 37.5. The molecule has 1 heterocycles. The van der Waals surface area contributed by atoms with Crippen LogP contribution < -0.4 is 16.2 Å². The molecule has 0 aliphatic carbocycles. The lowest BCUT2D eigenvalue weighted by molar-refractivity contribution is -0.384. The maximum atomic E-state index is 12.2. The Kier molecular flexibility index (Phi) is 5.31. The van der Waals surface area contributed by atoms with Crippen molar-refractivity contribution in [2.45, 2.75) is 6.42 Å². The van der Waals surface area contributed by atoms with Gasteiger partial charge in [0.1, 0.15) is 5.69 Å². The summed E-state index contributed by atoms with van der Waals surface area (Å²) in [6, 6.07) is 13.5. The number of nitro groups is 1. The van der Waals surface area contributed by atoms with E-state index < -0.39 is 16.7 Å². The molecule has 9 heteroatoms. The van der Waals surface area contributed by atoms with Gasteiger partial charge < -0.3 is 10.3 Å². The highest BCUT2D eigenvalue weighted by atomic mass is 16.6. The molecule has 3 rings (SSSR count). The van der Waals surface area contributed by atoms with Crippen LogP contribution >= 0.6 is 0 Å². The van der Waals surface area contributed by atoms with Crippen LogP contribution in [0.2, 0.25) is 0 Å². The first-order chi connectivity index (χ1) is 13.1. The van der Waals surface area contributed by atoms with Crippen molar-refractivity contribution in [1.29, 1.82) is 0 Å². The number of carbonyl (C=O) groups excluding carboxylic acids is 2. The second-order valence-electron chi connectivity index (χ2n) is 5.70. The molecule has 0 atom stereocenters. The molecule has 0 unspecified atom stereocenters. The summed E-state index contributed by atoms with van der Waals surface area (Å²) in [5.74, 6) is -0.860. The third kappa shape index (κ3) is 4.21. The van der Waals surface area contributed by atoms with Gasteiger partial charge in [0.25, 0.3) is 11.6 Å². The minimum atomic E-state index is -0.496. The van der Waals surface area contributed by atoms with Gasteiger partial charge in [-0.05, 0) is 12.1 Å². The van der Waals surface area contributed by atoms with E-state index in [0.29, 0.717) is 11.3 Å². The fraction of sp³-hybridized carbons (Fsp3) is 0.111. The molecule has 27 heavy (non-hydrogen) atoms. The normalized spacial score (nSPS) is 10.4. The van der Waals surface area contributed by atoms with Crippen LogP contribution in [0.1, 0.15) is 16.8 Å². The maximum Gasteiger partial charge on any atom is 0.292 e. The van der Waals surface area contributed by atoms with Gasteiger partial charge in [0.2, 0.25) is 5.91 Å². The van der Waals surface area contributed by atoms with Crippen LogP contribution in [0.25, 0.3) is 10.9 Å². The summed E-state index contributed by atoms with van der Waals surface area (Å²) in [7, 11) is 0. The number of hydrazine groups is 1. The molecule has 0 saturated carbocycles. The molecule has 0 saturated heterocycles. The summed E-state index contributed by atoms with van der Waals surface area (Å²) in [5.41, 5.74) is 6.20. The topological polar surface area (TPSA) is 129 Å². The van der Waals surface area contributed by atoms with E-state index in [1.54, 1.807) is 30.5 Å². The number of nitro benzene ring substituents is 1. The van der Waals surface area contributed by atoms with Crippen LogP contribution in [-0.4, -0.2) is 28.3 Å². The largest absolute Gasteiger partial charge is 0.379 e. The highest BCUT2D eigenvalue weighted by Gasteiger charge is 2.14. The minimum Gasteiger partial charge on any atom is -0.379 e. The highest BCUT2D eigenvalue weighted by molar-refractivity contribution is 6.07. The average molecular weight is 367 g/mol. The number of rotatable bonds is 6. The highest BCUT2D eigenvalue weighted by Crippen LogP contribution is 2.22. The number of anilines is 1. The van der Waals surface area contributed by atoms with Gasteiger partial charge in [-0.3, -0.25) is 30.6 Å². The van der Waals surface area contributed by atoms with Crippen molar-refractivity contribution in [3.8, 4) is 0 Å². The Morgan fingerprint density at radius 3 is 2.59 bits per heavy atom. The van der Waals surface area contributed by atoms with E-state index in [1.807, 2.05) is 18.2 Å². The Balaban J connectivity index is 1.49. The molecule has 0 fully saturated rings. The second kappa shape index (κ2) is 8.00. The predicted molar refractivity (Wildman–Crippen MR) is 100 cm³/mol. The quantitative estimate of drug-likeness (QED) is 0.392. The SMILES string of the molecule is O=C(CCNc1ccccc1[N+](=O)[O-])NNC(=O)c1c[nH]c2ccccc12. The van der Waals surface area contributed by atoms with Crippen LogP contribution in [0.5, 0.6) is 0 Å². The number of hydrogen-bond donors (Lipinski definition) is 4. The van der Waals surface area contributed by atoms with Gasteiger partial charge in [0.05, 0.1) is 10.5 Å². The van der Waals surface area contributed by atoms with Crippen molar-refractivity contribution in [1.82, 2.24) is 15.8 Å². The van der Waals surface area contributed by atoms with E-state index in [0.717, 1.165) is 10.9 Å². The molecule has 0 bridgehead atoms. The van der Waals surface area contributed by atoms with Gasteiger partial charge in [-0.2, -0.15) is 0 Å². The first-order valence-electron chi connectivity index (χ1n) is 8.19. The van der Waals surface area contributed by atoms with Crippen molar-refractivity contribution in [2.75, 3.05) is 11.9 Å². The Hall–Kier alpha value is -3.88. The number of carbonyl (C=O) groups is 2. The number of hydrogen-bond acceptors (Lipinski definition) is 5. The summed E-state index contributed by atoms with van der Waals surface area (Å²) in [5, 5.41) is 14.5. The number of para-hydroxylation sites is 3. The number of H-pyrrole nitrogens is 1. The van der Waals surface area contributed by atoms with E-state index in [2.05, 4.69) is 21.2 Å². The lowest BCUT2D eigenvalue weighted by Gasteiger charge is -2.08. The standard InChI is InChI=1S/C18H17N5O4/c24-17(9-10-19-15-7-3-4-8-16(15)23(26)27)21-22-18(25)13-11-20-14-6-2-1-5-12(13)14/h1-8,11,19-20H,9-10H2,(H,21,24)(H,22,25). The van der Waals surface area contributed by atoms with Crippen LogP contribution in [-0.2, 0) is 4.79 Å². The van der Waals surface area contributed by atoms with Crippen LogP contribution in [0.3, 0.4) is 0 Å². The van der Waals surface area contributed by atoms with Crippen molar-refractivity contribution in [3.63, 3.8) is 0 Å². The van der Waals surface area contributed by atoms with Gasteiger partial charge in [-0.1, -0.05) is 30.3 Å². The Morgan fingerprint density at radius 1 is 1.04 bits per heavy atom. The van der Waals surface area contributed by atoms with Crippen LogP contribution in [0.4, 0.5) is 11.4 Å². The number of benzene rings is 2. The number of aromatic nitrogens is 1. The smallest absolute Gasteiger partial charge is 0.292 e. The van der Waals surface area contributed by atoms with Crippen LogP contribution in [0, 0.1) is 10.1 Å². The Bertz CT molecular complexity index is 998. The molecule has 2 aromatic carbocycles. The third-order valence-corrected chi connectivity index (χ3v) is 3.92. The number of aromatic amines is 1. The van der Waals surface area contributed by atoms with E-state index in [-0.39, 0.29) is 18.7 Å². The van der Waals surface area contributed by atoms with Crippen molar-refractivity contribution >= 4 is 34.1 Å². The lowest BCUT2D eigenvalue weighted by Crippen LogP contribution is -2.42. The molecule has 0 aliphatic heterocycles. The lowest BCUT2D eigenvalue weighted by atomic mass is 10.2. The first kappa shape index (κ1) is 17.9. The summed E-state index contributed by atoms with van der Waals surface area (Å²) in [6.07, 6.45) is 1.60. The Labute approximate surface area is 153 Å². The molecule has 4 N–H and O–H groups in total. The first-order valence-corrected chi connectivity index (χ1v) is 8.19. The zero-order valence-electron chi connectivity index (χ0n) is 14.2. The molecule has 0 aliphatic rings. The van der Waals surface area contributed by atoms with Gasteiger partial charge in [-0.15, -0.1) is 0 Å². The fourth-order valence-corrected chi connectivity index (χ4v) is 2.61. The van der Waals surface area contributed by atoms with Crippen molar-refractivity contribution in [2.24, 2.45) is 0 Å². The van der Waals surface area contributed by atoms with Crippen LogP contribution in [0.15, 0.2) is 54.7 Å². The average Bonchev–Trinajstić information content (AvgIpc) is 3.10. The number of nitrogens with one attached hydrogen (secondary N) is 4. The molecular formula is C18H17N5O4. The number of fused-ring (bicyclic) bond motifs is 1. The fourth-order valence-electron chi connectivity index (χ4n) is 2.61. The molecule has 1 aromatic heterocycles. The molecule has 138 valence electrons. The van der Waals surface area contributed by atoms with Gasteiger partial charge >= 0.3 is 0 Å². The monoisotopic (exact) mass is 367 g/mol. The molecule has 2 amide bonds. The van der Waals surface area contributed by atoms with Crippen molar-refractivity contribution < 1.29 is 14.5 Å². The maximum absolute atomic E-state index is 12.2. The molecular weight excluding hydrogens is 350 g/mol. The summed E-state index contributed by atoms with van der Waals surface area (Å²) < 4.78 is 0. The van der Waals surface area contributed by atoms with E-state index in [4.69, 9.17) is 0 Å². The molecule has 9 nitrogen and oxygen atoms in total. The summed E-state index contributed by atoms with van der Waals surface area (Å²) >= 11 is 0. The summed E-state index contributed by atoms with van der Waals surface area (Å²) in [6.45, 7) is 0.180. The number of amides is 2. The van der Waals surface area contributed by atoms with Gasteiger partial charge in [-0.25, -0.2) is 0 Å². The van der Waals surface area contributed by atoms with Gasteiger partial charge in [0, 0.05) is 36.1 Å². The molecule has 0 spiro atoms. The van der Waals surface area contributed by atoms with E-state index in [9.17, 15) is 19.7 Å². The Morgan fingerprint density at radius 2 is 1.78 bits per heavy atom. The van der Waals surface area contributed by atoms with E-state index in [1.165, 1.54) is 6.07 Å². The zero-order chi connectivity index (χ0) is 19.2. The third-order valence-electron chi connectivity index (χ3n) is 3.92. The van der Waals surface area contributed by atoms with Crippen molar-refractivity contribution in [3.05, 3.63) is 70.4 Å². The van der Waals surface area contributed by atoms with E-state index >= 15 is 0 Å². The molecule has 0 radical (unpaired) electrons.